The standard InChI is InChI=1S/C11H22N2O/c1-5-6-9(4)13-11(14)10(12)7-8(2)3/h5,8-10H,1,6-7,12H2,2-4H3,(H,13,14). The van der Waals surface area contributed by atoms with E-state index in [9.17, 15) is 4.79 Å². The lowest BCUT2D eigenvalue weighted by molar-refractivity contribution is -0.123. The molecule has 0 aromatic rings. The molecule has 0 aliphatic carbocycles. The van der Waals surface area contributed by atoms with Crippen molar-refractivity contribution in [1.82, 2.24) is 5.32 Å². The Balaban J connectivity index is 3.88. The zero-order valence-electron chi connectivity index (χ0n) is 9.42. The summed E-state index contributed by atoms with van der Waals surface area (Å²) in [6.45, 7) is 9.68. The van der Waals surface area contributed by atoms with E-state index in [2.05, 4.69) is 25.7 Å². The molecule has 1 amide bonds. The molecule has 3 nitrogen and oxygen atoms in total. The summed E-state index contributed by atoms with van der Waals surface area (Å²) in [6.07, 6.45) is 3.30. The zero-order chi connectivity index (χ0) is 11.1. The lowest BCUT2D eigenvalue weighted by Gasteiger charge is -2.17. The van der Waals surface area contributed by atoms with E-state index in [1.54, 1.807) is 6.08 Å². The minimum absolute atomic E-state index is 0.0620. The van der Waals surface area contributed by atoms with Crippen molar-refractivity contribution in [3.8, 4) is 0 Å². The van der Waals surface area contributed by atoms with Crippen LogP contribution < -0.4 is 11.1 Å². The van der Waals surface area contributed by atoms with Gasteiger partial charge in [0, 0.05) is 6.04 Å². The Kier molecular flexibility index (Phi) is 6.21. The third-order valence-electron chi connectivity index (χ3n) is 1.97. The van der Waals surface area contributed by atoms with Crippen molar-refractivity contribution < 1.29 is 4.79 Å². The van der Waals surface area contributed by atoms with Gasteiger partial charge in [0.1, 0.15) is 0 Å². The molecule has 3 heteroatoms. The number of hydrogen-bond donors (Lipinski definition) is 2. The summed E-state index contributed by atoms with van der Waals surface area (Å²) in [4.78, 5) is 11.5. The number of nitrogens with two attached hydrogens (primary N) is 1. The van der Waals surface area contributed by atoms with E-state index in [1.807, 2.05) is 6.92 Å². The lowest BCUT2D eigenvalue weighted by Crippen LogP contribution is -2.44. The molecule has 2 atom stereocenters. The highest BCUT2D eigenvalue weighted by Crippen LogP contribution is 2.03. The first-order chi connectivity index (χ1) is 6.47. The van der Waals surface area contributed by atoms with Crippen molar-refractivity contribution in [1.29, 1.82) is 0 Å². The fourth-order valence-corrected chi connectivity index (χ4v) is 1.27. The summed E-state index contributed by atoms with van der Waals surface area (Å²) in [5, 5.41) is 2.85. The Labute approximate surface area is 86.8 Å². The van der Waals surface area contributed by atoms with E-state index in [4.69, 9.17) is 5.73 Å². The predicted molar refractivity (Wildman–Crippen MR) is 59.8 cm³/mol. The summed E-state index contributed by atoms with van der Waals surface area (Å²) in [5.74, 6) is 0.388. The van der Waals surface area contributed by atoms with Crippen molar-refractivity contribution in [2.45, 2.75) is 45.7 Å². The van der Waals surface area contributed by atoms with Gasteiger partial charge in [-0.2, -0.15) is 0 Å². The molecule has 0 saturated carbocycles. The van der Waals surface area contributed by atoms with Crippen LogP contribution in [0.4, 0.5) is 0 Å². The van der Waals surface area contributed by atoms with Gasteiger partial charge in [-0.05, 0) is 25.7 Å². The first kappa shape index (κ1) is 13.2. The van der Waals surface area contributed by atoms with Gasteiger partial charge in [-0.1, -0.05) is 19.9 Å². The van der Waals surface area contributed by atoms with Crippen molar-refractivity contribution in [2.24, 2.45) is 11.7 Å². The fraction of sp³-hybridized carbons (Fsp3) is 0.727. The Morgan fingerprint density at radius 1 is 1.50 bits per heavy atom. The third-order valence-corrected chi connectivity index (χ3v) is 1.97. The number of hydrogen-bond acceptors (Lipinski definition) is 2. The van der Waals surface area contributed by atoms with E-state index >= 15 is 0 Å². The average Bonchev–Trinajstić information content (AvgIpc) is 2.02. The van der Waals surface area contributed by atoms with E-state index < -0.39 is 0 Å². The molecule has 0 aromatic carbocycles. The van der Waals surface area contributed by atoms with E-state index in [-0.39, 0.29) is 18.0 Å². The molecule has 14 heavy (non-hydrogen) atoms. The summed E-state index contributed by atoms with van der Waals surface area (Å²) >= 11 is 0. The molecule has 0 fully saturated rings. The lowest BCUT2D eigenvalue weighted by atomic mass is 10.0. The highest BCUT2D eigenvalue weighted by molar-refractivity contribution is 5.81. The second kappa shape index (κ2) is 6.60. The Morgan fingerprint density at radius 2 is 2.07 bits per heavy atom. The number of carbonyl (C=O) groups excluding carboxylic acids is 1. The van der Waals surface area contributed by atoms with Crippen LogP contribution in [0.1, 0.15) is 33.6 Å². The van der Waals surface area contributed by atoms with Crippen LogP contribution in [0.25, 0.3) is 0 Å². The highest BCUT2D eigenvalue weighted by Gasteiger charge is 2.15. The van der Waals surface area contributed by atoms with Gasteiger partial charge in [-0.25, -0.2) is 0 Å². The van der Waals surface area contributed by atoms with Crippen LogP contribution >= 0.6 is 0 Å². The van der Waals surface area contributed by atoms with Crippen LogP contribution in [0.2, 0.25) is 0 Å². The molecule has 0 heterocycles. The molecule has 0 spiro atoms. The molecule has 0 aliphatic heterocycles. The molecule has 0 bridgehead atoms. The summed E-state index contributed by atoms with van der Waals surface area (Å²) in [7, 11) is 0. The maximum absolute atomic E-state index is 11.5. The van der Waals surface area contributed by atoms with Gasteiger partial charge in [0.2, 0.25) is 5.91 Å². The third kappa shape index (κ3) is 5.75. The molecular weight excluding hydrogens is 176 g/mol. The molecule has 2 unspecified atom stereocenters. The Morgan fingerprint density at radius 3 is 2.50 bits per heavy atom. The molecule has 0 aromatic heterocycles. The van der Waals surface area contributed by atoms with Crippen LogP contribution in [-0.2, 0) is 4.79 Å². The SMILES string of the molecule is C=CCC(C)NC(=O)C(N)CC(C)C. The molecule has 0 aliphatic rings. The first-order valence-corrected chi connectivity index (χ1v) is 5.14. The predicted octanol–water partition coefficient (Wildman–Crippen LogP) is 1.44. The molecule has 82 valence electrons. The molecule has 0 radical (unpaired) electrons. The monoisotopic (exact) mass is 198 g/mol. The summed E-state index contributed by atoms with van der Waals surface area (Å²) < 4.78 is 0. The highest BCUT2D eigenvalue weighted by atomic mass is 16.2. The van der Waals surface area contributed by atoms with Crippen LogP contribution in [0, 0.1) is 5.92 Å². The van der Waals surface area contributed by atoms with Crippen molar-refractivity contribution >= 4 is 5.91 Å². The minimum atomic E-state index is -0.387. The number of amides is 1. The van der Waals surface area contributed by atoms with Crippen LogP contribution in [0.5, 0.6) is 0 Å². The van der Waals surface area contributed by atoms with Gasteiger partial charge in [-0.15, -0.1) is 6.58 Å². The van der Waals surface area contributed by atoms with Crippen molar-refractivity contribution in [3.63, 3.8) is 0 Å². The zero-order valence-corrected chi connectivity index (χ0v) is 9.42. The van der Waals surface area contributed by atoms with Crippen molar-refractivity contribution in [2.75, 3.05) is 0 Å². The van der Waals surface area contributed by atoms with Gasteiger partial charge < -0.3 is 11.1 Å². The number of nitrogens with one attached hydrogen (secondary N) is 1. The smallest absolute Gasteiger partial charge is 0.237 e. The summed E-state index contributed by atoms with van der Waals surface area (Å²) in [5.41, 5.74) is 5.72. The molecule has 0 rings (SSSR count). The van der Waals surface area contributed by atoms with E-state index in [1.165, 1.54) is 0 Å². The van der Waals surface area contributed by atoms with Gasteiger partial charge in [0.25, 0.3) is 0 Å². The number of carbonyl (C=O) groups is 1. The molecular formula is C11H22N2O. The number of rotatable bonds is 6. The van der Waals surface area contributed by atoms with Gasteiger partial charge in [0.15, 0.2) is 0 Å². The Bertz CT molecular complexity index is 190. The van der Waals surface area contributed by atoms with E-state index in [0.717, 1.165) is 12.8 Å². The fourth-order valence-electron chi connectivity index (χ4n) is 1.27. The minimum Gasteiger partial charge on any atom is -0.352 e. The maximum atomic E-state index is 11.5. The average molecular weight is 198 g/mol. The van der Waals surface area contributed by atoms with Crippen LogP contribution in [-0.4, -0.2) is 18.0 Å². The van der Waals surface area contributed by atoms with E-state index in [0.29, 0.717) is 5.92 Å². The topological polar surface area (TPSA) is 55.1 Å². The summed E-state index contributed by atoms with van der Waals surface area (Å²) in [6, 6.07) is -0.263. The van der Waals surface area contributed by atoms with Gasteiger partial charge >= 0.3 is 0 Å². The van der Waals surface area contributed by atoms with Crippen LogP contribution in [0.3, 0.4) is 0 Å². The molecule has 3 N–H and O–H groups in total. The quantitative estimate of drug-likeness (QED) is 0.634. The van der Waals surface area contributed by atoms with Crippen molar-refractivity contribution in [3.05, 3.63) is 12.7 Å². The van der Waals surface area contributed by atoms with Gasteiger partial charge in [-0.3, -0.25) is 4.79 Å². The van der Waals surface area contributed by atoms with Crippen LogP contribution in [0.15, 0.2) is 12.7 Å². The first-order valence-electron chi connectivity index (χ1n) is 5.14. The second-order valence-corrected chi connectivity index (χ2v) is 4.17. The van der Waals surface area contributed by atoms with Gasteiger partial charge in [0.05, 0.1) is 6.04 Å². The normalized spacial score (nSPS) is 14.9. The second-order valence-electron chi connectivity index (χ2n) is 4.17. The largest absolute Gasteiger partial charge is 0.352 e. The molecule has 0 saturated heterocycles. The Hall–Kier alpha value is -0.830. The maximum Gasteiger partial charge on any atom is 0.237 e.